The minimum atomic E-state index is -1.36. The van der Waals surface area contributed by atoms with Gasteiger partial charge in [-0.15, -0.1) is 0 Å². The Hall–Kier alpha value is -2.83. The summed E-state index contributed by atoms with van der Waals surface area (Å²) in [5.74, 6) is -0.298. The van der Waals surface area contributed by atoms with Crippen LogP contribution < -0.4 is 16.0 Å². The maximum atomic E-state index is 12.4. The first kappa shape index (κ1) is 29.7. The van der Waals surface area contributed by atoms with Crippen molar-refractivity contribution in [1.29, 1.82) is 0 Å². The van der Waals surface area contributed by atoms with Gasteiger partial charge in [0, 0.05) is 6.42 Å². The maximum Gasteiger partial charge on any atom is 0.239 e. The van der Waals surface area contributed by atoms with Crippen LogP contribution in [-0.2, 0) is 14.3 Å². The summed E-state index contributed by atoms with van der Waals surface area (Å²) in [4.78, 5) is 39.8. The second-order valence-corrected chi connectivity index (χ2v) is 10.0. The summed E-state index contributed by atoms with van der Waals surface area (Å²) in [5.41, 5.74) is 0.983. The lowest BCUT2D eigenvalue weighted by Gasteiger charge is -2.42. The highest BCUT2D eigenvalue weighted by Gasteiger charge is 2.43. The number of carbonyl (C=O) groups is 2. The van der Waals surface area contributed by atoms with Gasteiger partial charge < -0.3 is 35.9 Å². The van der Waals surface area contributed by atoms with E-state index in [-0.39, 0.29) is 12.5 Å². The lowest BCUT2D eigenvalue weighted by atomic mass is 9.96. The first-order chi connectivity index (χ1) is 18.4. The molecule has 3 heterocycles. The number of H-pyrrole nitrogens is 1. The molecule has 0 bridgehead atoms. The molecule has 0 saturated carbocycles. The van der Waals surface area contributed by atoms with Gasteiger partial charge >= 0.3 is 0 Å². The Labute approximate surface area is 223 Å². The number of unbranched alkanes of at least 4 members (excludes halogenated alkanes) is 9. The van der Waals surface area contributed by atoms with Crippen LogP contribution in [0.1, 0.15) is 84.5 Å². The molecule has 5 atom stereocenters. The number of nitrogens with zero attached hydrogens (tertiary/aromatic N) is 3. The number of hydrogen-bond acceptors (Lipinski definition) is 9. The number of aromatic amines is 1. The van der Waals surface area contributed by atoms with E-state index < -0.39 is 36.5 Å². The van der Waals surface area contributed by atoms with Gasteiger partial charge in [0.15, 0.2) is 17.7 Å². The van der Waals surface area contributed by atoms with Gasteiger partial charge in [-0.25, -0.2) is 15.0 Å². The number of rotatable bonds is 16. The van der Waals surface area contributed by atoms with E-state index in [1.807, 2.05) is 0 Å². The molecule has 3 rings (SSSR count). The number of aliphatic hydroxyl groups excluding tert-OH is 2. The molecular formula is C26H43N7O5. The zero-order valence-corrected chi connectivity index (χ0v) is 22.5. The number of imidazole rings is 1. The molecule has 212 valence electrons. The Kier molecular flexibility index (Phi) is 12.2. The smallest absolute Gasteiger partial charge is 0.239 e. The second kappa shape index (κ2) is 15.6. The number of carbonyl (C=O) groups excluding carboxylic acids is 2. The first-order valence-corrected chi connectivity index (χ1v) is 13.9. The minimum Gasteiger partial charge on any atom is -0.388 e. The number of anilines is 1. The Bertz CT molecular complexity index is 1000. The highest BCUT2D eigenvalue weighted by atomic mass is 16.5. The predicted octanol–water partition coefficient (Wildman–Crippen LogP) is 2.14. The quantitative estimate of drug-likeness (QED) is 0.177. The molecule has 2 amide bonds. The number of fused-ring (bicyclic) bond motifs is 1. The van der Waals surface area contributed by atoms with E-state index in [4.69, 9.17) is 4.74 Å². The molecule has 12 heteroatoms. The summed E-state index contributed by atoms with van der Waals surface area (Å²) in [5, 5.41) is 29.6. The van der Waals surface area contributed by atoms with Gasteiger partial charge in [0.25, 0.3) is 0 Å². The zero-order chi connectivity index (χ0) is 27.3. The van der Waals surface area contributed by atoms with Crippen LogP contribution >= 0.6 is 0 Å². The summed E-state index contributed by atoms with van der Waals surface area (Å²) in [6.07, 6.45) is 10.8. The number of aliphatic hydroxyl groups is 2. The zero-order valence-electron chi connectivity index (χ0n) is 22.5. The normalized spacial score (nSPS) is 23.3. The molecular weight excluding hydrogens is 490 g/mol. The Balaban J connectivity index is 1.32. The van der Waals surface area contributed by atoms with Crippen molar-refractivity contribution in [2.24, 2.45) is 0 Å². The van der Waals surface area contributed by atoms with Crippen LogP contribution in [0.5, 0.6) is 0 Å². The van der Waals surface area contributed by atoms with Gasteiger partial charge in [0.05, 0.1) is 25.0 Å². The van der Waals surface area contributed by atoms with Crippen LogP contribution in [0.15, 0.2) is 12.7 Å². The van der Waals surface area contributed by atoms with Crippen molar-refractivity contribution in [3.05, 3.63) is 12.7 Å². The minimum absolute atomic E-state index is 0.174. The van der Waals surface area contributed by atoms with Crippen LogP contribution in [0.25, 0.3) is 11.2 Å². The van der Waals surface area contributed by atoms with E-state index in [9.17, 15) is 19.8 Å². The SMILES string of the molecule is CCCCCCCCCCCCC(=O)NCC(=O)N[C@@H]1[C@@H](O)[C@H](O)[C@@H](Nc2ncnc3[nH]cnc23)O[C@H]1C. The lowest BCUT2D eigenvalue weighted by molar-refractivity contribution is -0.172. The molecule has 0 aromatic carbocycles. The van der Waals surface area contributed by atoms with Crippen LogP contribution in [0.4, 0.5) is 5.82 Å². The van der Waals surface area contributed by atoms with E-state index in [1.165, 1.54) is 57.6 Å². The Morgan fingerprint density at radius 3 is 2.34 bits per heavy atom. The van der Waals surface area contributed by atoms with Crippen molar-refractivity contribution in [3.63, 3.8) is 0 Å². The van der Waals surface area contributed by atoms with Crippen molar-refractivity contribution in [3.8, 4) is 0 Å². The number of hydrogen-bond donors (Lipinski definition) is 6. The fourth-order valence-electron chi connectivity index (χ4n) is 4.67. The van der Waals surface area contributed by atoms with Crippen molar-refractivity contribution < 1.29 is 24.5 Å². The van der Waals surface area contributed by atoms with Crippen molar-refractivity contribution in [2.75, 3.05) is 11.9 Å². The standard InChI is InChI=1S/C26H43N7O5/c1-3-4-5-6-7-8-9-10-11-12-13-18(34)27-14-19(35)32-20-17(2)38-26(23(37)22(20)36)33-25-21-24(29-15-28-21)30-16-31-25/h15-17,20,22-23,26,36-37H,3-14H2,1-2H3,(H,27,34)(H,32,35)(H2,28,29,30,31,33)/t17-,20-,22+,23-,26-/m0/s1. The summed E-state index contributed by atoms with van der Waals surface area (Å²) in [6.45, 7) is 3.70. The molecule has 2 aromatic heterocycles. The van der Waals surface area contributed by atoms with Gasteiger partial charge in [-0.2, -0.15) is 0 Å². The predicted molar refractivity (Wildman–Crippen MR) is 143 cm³/mol. The molecule has 0 radical (unpaired) electrons. The van der Waals surface area contributed by atoms with Crippen LogP contribution in [0.3, 0.4) is 0 Å². The topological polar surface area (TPSA) is 174 Å². The average Bonchev–Trinajstić information content (AvgIpc) is 3.39. The van der Waals surface area contributed by atoms with Gasteiger partial charge in [0.1, 0.15) is 24.1 Å². The van der Waals surface area contributed by atoms with Gasteiger partial charge in [-0.05, 0) is 13.3 Å². The third kappa shape index (κ3) is 8.88. The van der Waals surface area contributed by atoms with E-state index in [2.05, 4.69) is 42.8 Å². The maximum absolute atomic E-state index is 12.4. The van der Waals surface area contributed by atoms with E-state index >= 15 is 0 Å². The van der Waals surface area contributed by atoms with E-state index in [1.54, 1.807) is 6.92 Å². The highest BCUT2D eigenvalue weighted by molar-refractivity contribution is 5.85. The van der Waals surface area contributed by atoms with Crippen LogP contribution in [0.2, 0.25) is 0 Å². The molecule has 12 nitrogen and oxygen atoms in total. The molecule has 1 aliphatic heterocycles. The summed E-state index contributed by atoms with van der Waals surface area (Å²) in [6, 6.07) is -0.856. The number of amides is 2. The second-order valence-electron chi connectivity index (χ2n) is 10.0. The number of aromatic nitrogens is 4. The van der Waals surface area contributed by atoms with E-state index in [0.29, 0.717) is 23.4 Å². The largest absolute Gasteiger partial charge is 0.388 e. The molecule has 0 unspecified atom stereocenters. The summed E-state index contributed by atoms with van der Waals surface area (Å²) >= 11 is 0. The molecule has 0 spiro atoms. The number of nitrogens with one attached hydrogen (secondary N) is 4. The van der Waals surface area contributed by atoms with Gasteiger partial charge in [-0.1, -0.05) is 64.7 Å². The third-order valence-corrected chi connectivity index (χ3v) is 6.92. The fourth-order valence-corrected chi connectivity index (χ4v) is 4.67. The average molecular weight is 534 g/mol. The fraction of sp³-hybridized carbons (Fsp3) is 0.731. The van der Waals surface area contributed by atoms with Gasteiger partial charge in [0.2, 0.25) is 11.8 Å². The molecule has 1 fully saturated rings. The third-order valence-electron chi connectivity index (χ3n) is 6.92. The molecule has 1 aliphatic rings. The molecule has 0 aliphatic carbocycles. The molecule has 38 heavy (non-hydrogen) atoms. The summed E-state index contributed by atoms with van der Waals surface area (Å²) < 4.78 is 5.83. The Morgan fingerprint density at radius 2 is 1.63 bits per heavy atom. The lowest BCUT2D eigenvalue weighted by Crippen LogP contribution is -2.64. The van der Waals surface area contributed by atoms with Crippen LogP contribution in [-0.4, -0.2) is 79.1 Å². The van der Waals surface area contributed by atoms with Crippen molar-refractivity contribution in [2.45, 2.75) is 115 Å². The molecule has 6 N–H and O–H groups in total. The van der Waals surface area contributed by atoms with Gasteiger partial charge in [-0.3, -0.25) is 9.59 Å². The molecule has 1 saturated heterocycles. The van der Waals surface area contributed by atoms with Crippen molar-refractivity contribution >= 4 is 28.8 Å². The van der Waals surface area contributed by atoms with Crippen LogP contribution in [0, 0.1) is 0 Å². The number of ether oxygens (including phenoxy) is 1. The van der Waals surface area contributed by atoms with Crippen molar-refractivity contribution in [1.82, 2.24) is 30.6 Å². The summed E-state index contributed by atoms with van der Waals surface area (Å²) in [7, 11) is 0. The molecule has 2 aromatic rings. The Morgan fingerprint density at radius 1 is 0.947 bits per heavy atom. The highest BCUT2D eigenvalue weighted by Crippen LogP contribution is 2.24. The van der Waals surface area contributed by atoms with E-state index in [0.717, 1.165) is 19.3 Å². The monoisotopic (exact) mass is 533 g/mol. The first-order valence-electron chi connectivity index (χ1n) is 13.9.